The highest BCUT2D eigenvalue weighted by molar-refractivity contribution is 5.40. The Morgan fingerprint density at radius 2 is 2.22 bits per heavy atom. The molecule has 1 aliphatic rings. The highest BCUT2D eigenvalue weighted by atomic mass is 16.9. The van der Waals surface area contributed by atoms with Gasteiger partial charge in [0.15, 0.2) is 0 Å². The number of aryl methyl sites for hydroxylation is 1. The number of hydrogen-bond donors (Lipinski definition) is 3. The maximum atomic E-state index is 8.36. The minimum Gasteiger partial charge on any atom is -0.488 e. The Labute approximate surface area is 132 Å². The first-order valence-corrected chi connectivity index (χ1v) is 7.06. The van der Waals surface area contributed by atoms with Crippen LogP contribution in [-0.2, 0) is 12.8 Å². The second kappa shape index (κ2) is 6.51. The lowest BCUT2D eigenvalue weighted by Gasteiger charge is -2.32. The zero-order valence-electron chi connectivity index (χ0n) is 12.9. The van der Waals surface area contributed by atoms with Crippen LogP contribution < -0.4 is 10.5 Å². The molecule has 23 heavy (non-hydrogen) atoms. The standard InChI is InChI=1S/C14H18N4O.HNO3/c1-14(2)6-5-10-7-9(3-4-11(10)19-14)8-12-16-13(15)18-17-12;2-1(3)4/h3-4,7H,5-6,8H2,1-2H3,(H3,15,16,17,18);(H,2,3,4). The third-order valence-corrected chi connectivity index (χ3v) is 3.43. The summed E-state index contributed by atoms with van der Waals surface area (Å²) in [5, 5.41) is 20.3. The average Bonchev–Trinajstić information content (AvgIpc) is 2.83. The normalized spacial score (nSPS) is 14.9. The van der Waals surface area contributed by atoms with E-state index in [2.05, 4.69) is 41.2 Å². The van der Waals surface area contributed by atoms with Gasteiger partial charge in [-0.25, -0.2) is 0 Å². The van der Waals surface area contributed by atoms with Gasteiger partial charge in [0, 0.05) is 6.42 Å². The number of fused-ring (bicyclic) bond motifs is 1. The lowest BCUT2D eigenvalue weighted by molar-refractivity contribution is -0.742. The molecule has 0 atom stereocenters. The van der Waals surface area contributed by atoms with Gasteiger partial charge in [0.1, 0.15) is 17.2 Å². The molecule has 9 nitrogen and oxygen atoms in total. The van der Waals surface area contributed by atoms with E-state index in [-0.39, 0.29) is 11.5 Å². The van der Waals surface area contributed by atoms with Crippen molar-refractivity contribution >= 4 is 5.95 Å². The third kappa shape index (κ3) is 4.83. The summed E-state index contributed by atoms with van der Waals surface area (Å²) >= 11 is 0. The van der Waals surface area contributed by atoms with Crippen LogP contribution in [-0.4, -0.2) is 31.1 Å². The van der Waals surface area contributed by atoms with E-state index in [0.717, 1.165) is 24.4 Å². The molecule has 4 N–H and O–H groups in total. The smallest absolute Gasteiger partial charge is 0.291 e. The van der Waals surface area contributed by atoms with Crippen LogP contribution in [0.5, 0.6) is 5.75 Å². The number of H-pyrrole nitrogens is 1. The van der Waals surface area contributed by atoms with E-state index in [1.54, 1.807) is 0 Å². The average molecular weight is 321 g/mol. The fourth-order valence-electron chi connectivity index (χ4n) is 2.40. The summed E-state index contributed by atoms with van der Waals surface area (Å²) < 4.78 is 5.97. The number of rotatable bonds is 2. The number of nitrogen functional groups attached to an aromatic ring is 1. The van der Waals surface area contributed by atoms with Gasteiger partial charge in [-0.15, -0.1) is 15.2 Å². The van der Waals surface area contributed by atoms with Crippen LogP contribution in [0.3, 0.4) is 0 Å². The van der Waals surface area contributed by atoms with Crippen molar-refractivity contribution in [3.63, 3.8) is 0 Å². The van der Waals surface area contributed by atoms with Crippen molar-refractivity contribution in [3.8, 4) is 5.75 Å². The second-order valence-electron chi connectivity index (χ2n) is 5.86. The van der Waals surface area contributed by atoms with Crippen LogP contribution in [0, 0.1) is 10.1 Å². The molecule has 2 aromatic rings. The summed E-state index contributed by atoms with van der Waals surface area (Å²) in [6.45, 7) is 4.25. The summed E-state index contributed by atoms with van der Waals surface area (Å²) in [6, 6.07) is 6.30. The fourth-order valence-corrected chi connectivity index (χ4v) is 2.40. The maximum absolute atomic E-state index is 8.36. The molecule has 0 saturated carbocycles. The molecule has 0 fully saturated rings. The van der Waals surface area contributed by atoms with Crippen molar-refractivity contribution in [2.24, 2.45) is 0 Å². The lowest BCUT2D eigenvalue weighted by Crippen LogP contribution is -2.32. The number of anilines is 1. The molecule has 1 aromatic heterocycles. The molecule has 0 radical (unpaired) electrons. The molecule has 3 rings (SSSR count). The Kier molecular flexibility index (Phi) is 4.68. The van der Waals surface area contributed by atoms with Gasteiger partial charge >= 0.3 is 0 Å². The SMILES string of the molecule is CC1(C)CCc2cc(Cc3nc(N)n[nH]3)ccc2O1.O=[N+]([O-])O. The predicted octanol–water partition coefficient (Wildman–Crippen LogP) is 1.73. The van der Waals surface area contributed by atoms with Crippen molar-refractivity contribution in [1.82, 2.24) is 15.2 Å². The number of aromatic amines is 1. The van der Waals surface area contributed by atoms with Crippen molar-refractivity contribution in [1.29, 1.82) is 0 Å². The number of aromatic nitrogens is 3. The molecule has 0 amide bonds. The van der Waals surface area contributed by atoms with E-state index in [4.69, 9.17) is 25.8 Å². The molecule has 0 aliphatic carbocycles. The van der Waals surface area contributed by atoms with Gasteiger partial charge in [-0.2, -0.15) is 4.98 Å². The summed E-state index contributed by atoms with van der Waals surface area (Å²) in [6.07, 6.45) is 2.80. The number of hydrogen-bond acceptors (Lipinski definition) is 6. The zero-order valence-corrected chi connectivity index (χ0v) is 12.9. The molecule has 0 spiro atoms. The number of benzene rings is 1. The first kappa shape index (κ1) is 16.5. The Hall–Kier alpha value is -2.84. The first-order chi connectivity index (χ1) is 10.7. The summed E-state index contributed by atoms with van der Waals surface area (Å²) in [5.41, 5.74) is 7.90. The summed E-state index contributed by atoms with van der Waals surface area (Å²) in [5.74, 6) is 2.07. The van der Waals surface area contributed by atoms with E-state index in [0.29, 0.717) is 6.42 Å². The minimum absolute atomic E-state index is 0.0616. The van der Waals surface area contributed by atoms with Gasteiger partial charge in [0.05, 0.1) is 0 Å². The minimum atomic E-state index is -1.50. The Morgan fingerprint density at radius 3 is 2.83 bits per heavy atom. The number of ether oxygens (including phenoxy) is 1. The summed E-state index contributed by atoms with van der Waals surface area (Å²) in [7, 11) is 0. The van der Waals surface area contributed by atoms with Crippen LogP contribution in [0.15, 0.2) is 18.2 Å². The van der Waals surface area contributed by atoms with E-state index in [1.807, 2.05) is 6.07 Å². The second-order valence-corrected chi connectivity index (χ2v) is 5.86. The first-order valence-electron chi connectivity index (χ1n) is 7.06. The zero-order chi connectivity index (χ0) is 17.0. The van der Waals surface area contributed by atoms with Crippen LogP contribution >= 0.6 is 0 Å². The van der Waals surface area contributed by atoms with Gasteiger partial charge in [-0.3, -0.25) is 5.10 Å². The van der Waals surface area contributed by atoms with E-state index in [9.17, 15) is 0 Å². The van der Waals surface area contributed by atoms with Crippen LogP contribution in [0.1, 0.15) is 37.2 Å². The molecule has 1 aromatic carbocycles. The van der Waals surface area contributed by atoms with Gasteiger partial charge in [-0.05, 0) is 43.9 Å². The Balaban J connectivity index is 0.000000433. The molecular formula is C14H19N5O4. The van der Waals surface area contributed by atoms with Crippen molar-refractivity contribution in [3.05, 3.63) is 45.3 Å². The molecular weight excluding hydrogens is 302 g/mol. The maximum Gasteiger partial charge on any atom is 0.291 e. The van der Waals surface area contributed by atoms with Crippen LogP contribution in [0.2, 0.25) is 0 Å². The monoisotopic (exact) mass is 321 g/mol. The van der Waals surface area contributed by atoms with Gasteiger partial charge < -0.3 is 15.7 Å². The van der Waals surface area contributed by atoms with Crippen LogP contribution in [0.25, 0.3) is 0 Å². The number of nitrogens with two attached hydrogens (primary N) is 1. The quantitative estimate of drug-likeness (QED) is 0.565. The largest absolute Gasteiger partial charge is 0.488 e. The summed E-state index contributed by atoms with van der Waals surface area (Å²) in [4.78, 5) is 12.5. The molecule has 0 unspecified atom stereocenters. The highest BCUT2D eigenvalue weighted by Crippen LogP contribution is 2.33. The number of nitrogens with one attached hydrogen (secondary N) is 1. The van der Waals surface area contributed by atoms with Gasteiger partial charge in [0.2, 0.25) is 5.95 Å². The highest BCUT2D eigenvalue weighted by Gasteiger charge is 2.26. The Bertz CT molecular complexity index is 694. The fraction of sp³-hybridized carbons (Fsp3) is 0.429. The van der Waals surface area contributed by atoms with E-state index < -0.39 is 5.09 Å². The molecule has 0 bridgehead atoms. The topological polar surface area (TPSA) is 140 Å². The molecule has 124 valence electrons. The predicted molar refractivity (Wildman–Crippen MR) is 81.9 cm³/mol. The Morgan fingerprint density at radius 1 is 1.52 bits per heavy atom. The van der Waals surface area contributed by atoms with Crippen molar-refractivity contribution < 1.29 is 15.0 Å². The molecule has 0 saturated heterocycles. The van der Waals surface area contributed by atoms with Crippen molar-refractivity contribution in [2.45, 2.75) is 38.7 Å². The lowest BCUT2D eigenvalue weighted by atomic mass is 9.93. The molecule has 1 aliphatic heterocycles. The van der Waals surface area contributed by atoms with E-state index in [1.165, 1.54) is 11.1 Å². The molecule has 9 heteroatoms. The molecule has 2 heterocycles. The van der Waals surface area contributed by atoms with Crippen LogP contribution in [0.4, 0.5) is 5.95 Å². The number of nitrogens with zero attached hydrogens (tertiary/aromatic N) is 3. The third-order valence-electron chi connectivity index (χ3n) is 3.43. The van der Waals surface area contributed by atoms with Gasteiger partial charge in [-0.1, -0.05) is 12.1 Å². The van der Waals surface area contributed by atoms with E-state index >= 15 is 0 Å². The van der Waals surface area contributed by atoms with Gasteiger partial charge in [0.25, 0.3) is 5.09 Å². The van der Waals surface area contributed by atoms with Crippen molar-refractivity contribution in [2.75, 3.05) is 5.73 Å².